The highest BCUT2D eigenvalue weighted by Gasteiger charge is 2.00. The van der Waals surface area contributed by atoms with Gasteiger partial charge in [0.05, 0.1) is 0 Å². The first-order chi connectivity index (χ1) is 9.27. The van der Waals surface area contributed by atoms with Crippen molar-refractivity contribution in [2.45, 2.75) is 19.3 Å². The van der Waals surface area contributed by atoms with Gasteiger partial charge in [-0.3, -0.25) is 4.79 Å². The minimum Gasteiger partial charge on any atom is -0.481 e. The number of rotatable bonds is 7. The molecule has 0 aliphatic carbocycles. The number of nitrogens with one attached hydrogen (secondary N) is 1. The summed E-state index contributed by atoms with van der Waals surface area (Å²) >= 11 is 0. The van der Waals surface area contributed by atoms with Gasteiger partial charge in [0, 0.05) is 6.42 Å². The zero-order chi connectivity index (χ0) is 13.5. The maximum absolute atomic E-state index is 10.4. The van der Waals surface area contributed by atoms with Crippen molar-refractivity contribution in [3.63, 3.8) is 0 Å². The Morgan fingerprint density at radius 1 is 1.05 bits per heavy atom. The maximum atomic E-state index is 10.4. The average molecular weight is 257 g/mol. The molecule has 0 bridgehead atoms. The van der Waals surface area contributed by atoms with Crippen LogP contribution in [0.3, 0.4) is 0 Å². The number of carboxylic acids is 1. The van der Waals surface area contributed by atoms with Gasteiger partial charge in [-0.05, 0) is 42.3 Å². The first-order valence-electron chi connectivity index (χ1n) is 6.66. The SMILES string of the molecule is O=C(O)CCCNCCc1cccc2ccccc12. The average Bonchev–Trinajstić information content (AvgIpc) is 2.42. The van der Waals surface area contributed by atoms with Crippen molar-refractivity contribution < 1.29 is 9.90 Å². The van der Waals surface area contributed by atoms with Gasteiger partial charge in [-0.1, -0.05) is 42.5 Å². The molecule has 3 heteroatoms. The highest BCUT2D eigenvalue weighted by molar-refractivity contribution is 5.85. The molecule has 0 amide bonds. The lowest BCUT2D eigenvalue weighted by atomic mass is 10.0. The molecule has 0 radical (unpaired) electrons. The van der Waals surface area contributed by atoms with Crippen molar-refractivity contribution in [1.82, 2.24) is 5.32 Å². The molecule has 3 nitrogen and oxygen atoms in total. The molecule has 0 saturated carbocycles. The fourth-order valence-electron chi connectivity index (χ4n) is 2.22. The van der Waals surface area contributed by atoms with Crippen LogP contribution < -0.4 is 5.32 Å². The number of aliphatic carboxylic acids is 1. The summed E-state index contributed by atoms with van der Waals surface area (Å²) in [6.07, 6.45) is 1.89. The van der Waals surface area contributed by atoms with E-state index in [1.54, 1.807) is 0 Å². The first-order valence-corrected chi connectivity index (χ1v) is 6.66. The molecule has 2 aromatic rings. The van der Waals surface area contributed by atoms with Crippen LogP contribution in [0.5, 0.6) is 0 Å². The van der Waals surface area contributed by atoms with Crippen LogP contribution in [0.2, 0.25) is 0 Å². The van der Waals surface area contributed by atoms with E-state index < -0.39 is 5.97 Å². The molecule has 0 heterocycles. The fourth-order valence-corrected chi connectivity index (χ4v) is 2.22. The van der Waals surface area contributed by atoms with Gasteiger partial charge in [0.2, 0.25) is 0 Å². The fraction of sp³-hybridized carbons (Fsp3) is 0.312. The zero-order valence-corrected chi connectivity index (χ0v) is 10.9. The van der Waals surface area contributed by atoms with Crippen molar-refractivity contribution in [2.75, 3.05) is 13.1 Å². The van der Waals surface area contributed by atoms with Crippen LogP contribution in [0.1, 0.15) is 18.4 Å². The molecule has 100 valence electrons. The number of hydrogen-bond donors (Lipinski definition) is 2. The van der Waals surface area contributed by atoms with Gasteiger partial charge in [-0.25, -0.2) is 0 Å². The molecule has 0 aliphatic rings. The van der Waals surface area contributed by atoms with Crippen molar-refractivity contribution in [3.8, 4) is 0 Å². The maximum Gasteiger partial charge on any atom is 0.303 e. The van der Waals surface area contributed by atoms with Gasteiger partial charge in [-0.2, -0.15) is 0 Å². The number of fused-ring (bicyclic) bond motifs is 1. The highest BCUT2D eigenvalue weighted by Crippen LogP contribution is 2.18. The van der Waals surface area contributed by atoms with E-state index in [0.29, 0.717) is 6.42 Å². The van der Waals surface area contributed by atoms with Crippen LogP contribution in [0.25, 0.3) is 10.8 Å². The molecule has 0 saturated heterocycles. The number of carbonyl (C=O) groups is 1. The summed E-state index contributed by atoms with van der Waals surface area (Å²) in [4.78, 5) is 10.4. The van der Waals surface area contributed by atoms with Crippen molar-refractivity contribution in [3.05, 3.63) is 48.0 Å². The molecule has 2 aromatic carbocycles. The second kappa shape index (κ2) is 6.90. The number of hydrogen-bond acceptors (Lipinski definition) is 2. The first kappa shape index (κ1) is 13.6. The third kappa shape index (κ3) is 4.07. The normalized spacial score (nSPS) is 10.7. The standard InChI is InChI=1S/C16H19NO2/c18-16(19)9-4-11-17-12-10-14-7-3-6-13-5-1-2-8-15(13)14/h1-3,5-8,17H,4,9-12H2,(H,18,19). The summed E-state index contributed by atoms with van der Waals surface area (Å²) in [6.45, 7) is 1.64. The topological polar surface area (TPSA) is 49.3 Å². The molecular formula is C16H19NO2. The summed E-state index contributed by atoms with van der Waals surface area (Å²) < 4.78 is 0. The van der Waals surface area contributed by atoms with Gasteiger partial charge in [0.1, 0.15) is 0 Å². The van der Waals surface area contributed by atoms with E-state index in [1.165, 1.54) is 16.3 Å². The Hall–Kier alpha value is -1.87. The Bertz CT molecular complexity index is 546. The van der Waals surface area contributed by atoms with Crippen molar-refractivity contribution in [1.29, 1.82) is 0 Å². The smallest absolute Gasteiger partial charge is 0.303 e. The van der Waals surface area contributed by atoms with Crippen LogP contribution in [-0.2, 0) is 11.2 Å². The molecule has 0 atom stereocenters. The second-order valence-corrected chi connectivity index (χ2v) is 4.64. The lowest BCUT2D eigenvalue weighted by Crippen LogP contribution is -2.19. The van der Waals surface area contributed by atoms with Crippen LogP contribution >= 0.6 is 0 Å². The summed E-state index contributed by atoms with van der Waals surface area (Å²) in [5, 5.41) is 14.4. The number of benzene rings is 2. The predicted octanol–water partition coefficient (Wildman–Crippen LogP) is 2.84. The minimum absolute atomic E-state index is 0.237. The Morgan fingerprint density at radius 2 is 1.84 bits per heavy atom. The van der Waals surface area contributed by atoms with Crippen LogP contribution in [0, 0.1) is 0 Å². The Morgan fingerprint density at radius 3 is 2.68 bits per heavy atom. The van der Waals surface area contributed by atoms with Gasteiger partial charge >= 0.3 is 5.97 Å². The monoisotopic (exact) mass is 257 g/mol. The molecule has 0 aliphatic heterocycles. The third-order valence-corrected chi connectivity index (χ3v) is 3.20. The van der Waals surface area contributed by atoms with Gasteiger partial charge in [0.15, 0.2) is 0 Å². The predicted molar refractivity (Wildman–Crippen MR) is 77.4 cm³/mol. The van der Waals surface area contributed by atoms with E-state index in [-0.39, 0.29) is 6.42 Å². The molecule has 0 spiro atoms. The molecule has 2 N–H and O–H groups in total. The van der Waals surface area contributed by atoms with E-state index in [1.807, 2.05) is 0 Å². The highest BCUT2D eigenvalue weighted by atomic mass is 16.4. The van der Waals surface area contributed by atoms with E-state index in [2.05, 4.69) is 47.8 Å². The van der Waals surface area contributed by atoms with Gasteiger partial charge in [0.25, 0.3) is 0 Å². The second-order valence-electron chi connectivity index (χ2n) is 4.64. The summed E-state index contributed by atoms with van der Waals surface area (Å²) in [5.41, 5.74) is 1.34. The van der Waals surface area contributed by atoms with Gasteiger partial charge in [-0.15, -0.1) is 0 Å². The van der Waals surface area contributed by atoms with Crippen LogP contribution in [0.15, 0.2) is 42.5 Å². The third-order valence-electron chi connectivity index (χ3n) is 3.20. The molecular weight excluding hydrogens is 238 g/mol. The van der Waals surface area contributed by atoms with E-state index in [9.17, 15) is 4.79 Å². The lowest BCUT2D eigenvalue weighted by Gasteiger charge is -2.07. The quantitative estimate of drug-likeness (QED) is 0.750. The minimum atomic E-state index is -0.726. The molecule has 19 heavy (non-hydrogen) atoms. The molecule has 0 unspecified atom stereocenters. The summed E-state index contributed by atoms with van der Waals surface area (Å²) in [5.74, 6) is -0.726. The van der Waals surface area contributed by atoms with E-state index in [0.717, 1.165) is 19.5 Å². The van der Waals surface area contributed by atoms with Gasteiger partial charge < -0.3 is 10.4 Å². The molecule has 0 aromatic heterocycles. The Kier molecular flexibility index (Phi) is 4.93. The summed E-state index contributed by atoms with van der Waals surface area (Å²) in [6, 6.07) is 14.7. The summed E-state index contributed by atoms with van der Waals surface area (Å²) in [7, 11) is 0. The van der Waals surface area contributed by atoms with Crippen LogP contribution in [-0.4, -0.2) is 24.2 Å². The van der Waals surface area contributed by atoms with Crippen molar-refractivity contribution >= 4 is 16.7 Å². The largest absolute Gasteiger partial charge is 0.481 e. The number of carboxylic acid groups (broad SMARTS) is 1. The van der Waals surface area contributed by atoms with E-state index >= 15 is 0 Å². The Balaban J connectivity index is 1.83. The van der Waals surface area contributed by atoms with Crippen LogP contribution in [0.4, 0.5) is 0 Å². The Labute approximate surface area is 113 Å². The lowest BCUT2D eigenvalue weighted by molar-refractivity contribution is -0.137. The van der Waals surface area contributed by atoms with E-state index in [4.69, 9.17) is 5.11 Å². The zero-order valence-electron chi connectivity index (χ0n) is 10.9. The van der Waals surface area contributed by atoms with Crippen molar-refractivity contribution in [2.24, 2.45) is 0 Å². The molecule has 2 rings (SSSR count). The molecule has 0 fully saturated rings.